The second-order valence-corrected chi connectivity index (χ2v) is 16.9. The number of rotatable bonds is 14. The highest BCUT2D eigenvalue weighted by atomic mass is 16.5. The van der Waals surface area contributed by atoms with Crippen molar-refractivity contribution in [3.8, 4) is 0 Å². The Morgan fingerprint density at radius 1 is 0.766 bits per heavy atom. The molecule has 0 aliphatic heterocycles. The molecule has 0 spiro atoms. The lowest BCUT2D eigenvalue weighted by atomic mass is 9.90. The number of hydrogen-bond acceptors (Lipinski definition) is 11. The summed E-state index contributed by atoms with van der Waals surface area (Å²) in [5, 5.41) is 10.3. The zero-order valence-electron chi connectivity index (χ0n) is 43.1. The second kappa shape index (κ2) is 49.9. The number of unbranched alkanes of at least 4 members (excludes halogenated alkanes) is 1. The summed E-state index contributed by atoms with van der Waals surface area (Å²) in [6, 6.07) is 14.6. The predicted molar refractivity (Wildman–Crippen MR) is 267 cm³/mol. The van der Waals surface area contributed by atoms with Gasteiger partial charge < -0.3 is 56.0 Å². The molecule has 374 valence electrons. The molecule has 2 aromatic carbocycles. The van der Waals surface area contributed by atoms with Crippen LogP contribution in [0.25, 0.3) is 10.8 Å². The first kappa shape index (κ1) is 71.5. The highest BCUT2D eigenvalue weighted by Gasteiger charge is 2.10. The summed E-state index contributed by atoms with van der Waals surface area (Å²) in [7, 11) is 5.12. The van der Waals surface area contributed by atoms with Crippen molar-refractivity contribution in [3.05, 3.63) is 48.0 Å². The van der Waals surface area contributed by atoms with Crippen LogP contribution in [0.15, 0.2) is 42.5 Å². The van der Waals surface area contributed by atoms with Gasteiger partial charge in [-0.15, -0.1) is 0 Å². The Balaban J connectivity index is -0.000000159. The number of nitrogens with one attached hydrogen (secondary N) is 3. The van der Waals surface area contributed by atoms with Gasteiger partial charge in [0.25, 0.3) is 0 Å². The molecule has 0 saturated heterocycles. The van der Waals surface area contributed by atoms with E-state index < -0.39 is 0 Å². The molecule has 1 atom stereocenters. The number of fused-ring (bicyclic) bond motifs is 1. The van der Waals surface area contributed by atoms with Gasteiger partial charge in [-0.05, 0) is 125 Å². The lowest BCUT2D eigenvalue weighted by molar-refractivity contribution is -0.122. The van der Waals surface area contributed by atoms with Crippen molar-refractivity contribution in [2.75, 3.05) is 47.5 Å². The number of nitrogens with two attached hydrogens (primary N) is 2. The zero-order valence-corrected chi connectivity index (χ0v) is 43.1. The molecule has 0 radical (unpaired) electrons. The first-order valence-corrected chi connectivity index (χ1v) is 22.5. The minimum absolute atomic E-state index is 0.0264. The van der Waals surface area contributed by atoms with E-state index in [0.29, 0.717) is 32.1 Å². The Bertz CT molecular complexity index is 1320. The minimum atomic E-state index is -0.317. The van der Waals surface area contributed by atoms with Crippen LogP contribution in [-0.4, -0.2) is 108 Å². The third-order valence-electron chi connectivity index (χ3n) is 8.20. The van der Waals surface area contributed by atoms with Crippen LogP contribution in [0.5, 0.6) is 0 Å². The van der Waals surface area contributed by atoms with Gasteiger partial charge >= 0.3 is 0 Å². The first-order chi connectivity index (χ1) is 30.0. The van der Waals surface area contributed by atoms with E-state index in [0.717, 1.165) is 37.9 Å². The Kier molecular flexibility index (Phi) is 55.8. The Morgan fingerprint density at radius 2 is 1.22 bits per heavy atom. The number of methoxy groups -OCH3 is 3. The van der Waals surface area contributed by atoms with Gasteiger partial charge in [-0.2, -0.15) is 0 Å². The average molecular weight is 910 g/mol. The molecule has 0 heterocycles. The number of amides is 3. The molecular weight excluding hydrogens is 815 g/mol. The summed E-state index contributed by atoms with van der Waals surface area (Å²) in [5.74, 6) is 0.622. The molecule has 1 saturated carbocycles. The van der Waals surface area contributed by atoms with Gasteiger partial charge in [0, 0.05) is 34.3 Å². The molecule has 1 aliphatic rings. The minimum Gasteiger partial charge on any atom is -0.379 e. The maximum absolute atomic E-state index is 11.1. The van der Waals surface area contributed by atoms with Crippen LogP contribution in [0.2, 0.25) is 0 Å². The summed E-state index contributed by atoms with van der Waals surface area (Å²) in [6.07, 6.45) is 12.9. The maximum Gasteiger partial charge on any atom is 0.239 e. The number of aldehydes is 3. The number of benzene rings is 2. The molecule has 1 unspecified atom stereocenters. The van der Waals surface area contributed by atoms with E-state index in [1.807, 2.05) is 83.1 Å². The molecule has 7 N–H and O–H groups in total. The van der Waals surface area contributed by atoms with Gasteiger partial charge in [0.15, 0.2) is 0 Å². The Morgan fingerprint density at radius 3 is 1.58 bits per heavy atom. The Hall–Kier alpha value is -4.08. The van der Waals surface area contributed by atoms with Crippen molar-refractivity contribution in [2.45, 2.75) is 171 Å². The van der Waals surface area contributed by atoms with Crippen LogP contribution in [-0.2, 0) is 43.0 Å². The van der Waals surface area contributed by atoms with Crippen LogP contribution in [0.4, 0.5) is 0 Å². The molecule has 1 fully saturated rings. The maximum atomic E-state index is 11.1. The highest BCUT2D eigenvalue weighted by molar-refractivity contribution is 5.83. The first-order valence-electron chi connectivity index (χ1n) is 22.5. The van der Waals surface area contributed by atoms with E-state index in [1.54, 1.807) is 21.3 Å². The third kappa shape index (κ3) is 64.5. The highest BCUT2D eigenvalue weighted by Crippen LogP contribution is 2.22. The number of primary amides is 1. The molecule has 1 aliphatic carbocycles. The van der Waals surface area contributed by atoms with Gasteiger partial charge in [0.1, 0.15) is 18.9 Å². The SMILES string of the molecule is CC.CCC=O.COC(C)(C)C.COC(C)(C)C.COC(C)(C)C.Cc1ccc2ccccc2c1.NC=O.NCC1CCCCC1.O=CCNC(C=O)CCCCNC(=O)CNC=O. The van der Waals surface area contributed by atoms with E-state index in [4.69, 9.17) is 24.7 Å². The number of carbonyl (C=O) groups is 6. The number of hydrogen-bond donors (Lipinski definition) is 5. The quantitative estimate of drug-likeness (QED) is 0.0902. The molecule has 0 aromatic heterocycles. The Labute approximate surface area is 389 Å². The van der Waals surface area contributed by atoms with Crippen LogP contribution in [0, 0.1) is 12.8 Å². The summed E-state index contributed by atoms with van der Waals surface area (Å²) < 4.78 is 14.8. The smallest absolute Gasteiger partial charge is 0.239 e. The molecule has 64 heavy (non-hydrogen) atoms. The monoisotopic (exact) mass is 910 g/mol. The fourth-order valence-corrected chi connectivity index (χ4v) is 4.06. The lowest BCUT2D eigenvalue weighted by Crippen LogP contribution is -2.34. The van der Waals surface area contributed by atoms with E-state index in [1.165, 1.54) is 48.4 Å². The molecule has 2 aromatic rings. The number of carbonyl (C=O) groups excluding carboxylic acids is 6. The third-order valence-corrected chi connectivity index (χ3v) is 8.20. The van der Waals surface area contributed by atoms with Crippen LogP contribution >= 0.6 is 0 Å². The molecule has 3 rings (SSSR count). The fourth-order valence-electron chi connectivity index (χ4n) is 4.06. The van der Waals surface area contributed by atoms with Crippen LogP contribution in [0.3, 0.4) is 0 Å². The van der Waals surface area contributed by atoms with Crippen LogP contribution in [0.1, 0.15) is 146 Å². The average Bonchev–Trinajstić information content (AvgIpc) is 3.28. The molecule has 14 heteroatoms. The molecular formula is C50H95N5O9. The number of aryl methyl sites for hydroxylation is 1. The van der Waals surface area contributed by atoms with Gasteiger partial charge in [-0.3, -0.25) is 14.4 Å². The van der Waals surface area contributed by atoms with Crippen molar-refractivity contribution >= 4 is 48.4 Å². The summed E-state index contributed by atoms with van der Waals surface area (Å²) in [4.78, 5) is 59.5. The van der Waals surface area contributed by atoms with Crippen molar-refractivity contribution in [1.29, 1.82) is 0 Å². The van der Waals surface area contributed by atoms with Gasteiger partial charge in [-0.1, -0.05) is 88.1 Å². The molecule has 3 amide bonds. The summed E-state index contributed by atoms with van der Waals surface area (Å²) >= 11 is 0. The number of ether oxygens (including phenoxy) is 3. The largest absolute Gasteiger partial charge is 0.379 e. The summed E-state index contributed by atoms with van der Waals surface area (Å²) in [5.41, 5.74) is 11.1. The van der Waals surface area contributed by atoms with Gasteiger partial charge in [0.05, 0.1) is 35.9 Å². The van der Waals surface area contributed by atoms with Crippen molar-refractivity contribution in [1.82, 2.24) is 16.0 Å². The second-order valence-electron chi connectivity index (χ2n) is 16.9. The standard InChI is InChI=1S/C11H19N3O4.C11H10.C7H15N.3C5H12O.C3H6O.C2H6.CH3NO/c15-6-5-13-10(8-16)3-1-2-4-14-11(18)7-12-9-17;1-9-6-7-10-4-2-3-5-11(10)8-9;8-6-7-4-2-1-3-5-7;3*1-5(2,3)6-4;1-2-3-4;1-2;2-1-3/h6,8-10,13H,1-5,7H2,(H,12,17)(H,14,18);2-8H,1H3;7H,1-6,8H2;3*1-4H3;3H,2H2,1H3;1-2H3;1H,(H2,2,3). The van der Waals surface area contributed by atoms with Crippen LogP contribution < -0.4 is 27.4 Å². The normalized spacial score (nSPS) is 12.0. The van der Waals surface area contributed by atoms with E-state index in [9.17, 15) is 24.0 Å². The summed E-state index contributed by atoms with van der Waals surface area (Å²) in [6.45, 7) is 27.7. The van der Waals surface area contributed by atoms with Crippen molar-refractivity contribution in [3.63, 3.8) is 0 Å². The fraction of sp³-hybridized carbons (Fsp3) is 0.680. The van der Waals surface area contributed by atoms with E-state index in [2.05, 4.69) is 71.1 Å². The topological polar surface area (TPSA) is 218 Å². The lowest BCUT2D eigenvalue weighted by Gasteiger charge is -2.18. The van der Waals surface area contributed by atoms with Crippen molar-refractivity contribution in [2.24, 2.45) is 17.4 Å². The van der Waals surface area contributed by atoms with Crippen molar-refractivity contribution < 1.29 is 43.0 Å². The molecule has 14 nitrogen and oxygen atoms in total. The van der Waals surface area contributed by atoms with Gasteiger partial charge in [-0.25, -0.2) is 0 Å². The molecule has 0 bridgehead atoms. The predicted octanol–water partition coefficient (Wildman–Crippen LogP) is 8.07. The van der Waals surface area contributed by atoms with Gasteiger partial charge in [0.2, 0.25) is 18.7 Å². The van der Waals surface area contributed by atoms with E-state index >= 15 is 0 Å². The van der Waals surface area contributed by atoms with E-state index in [-0.39, 0.29) is 48.3 Å². The zero-order chi connectivity index (χ0) is 50.9.